The zero-order valence-corrected chi connectivity index (χ0v) is 18.0. The van der Waals surface area contributed by atoms with Crippen LogP contribution in [0, 0.1) is 6.92 Å². The maximum Gasteiger partial charge on any atom is 0.261 e. The molecule has 4 aromatic rings. The normalized spacial score (nSPS) is 10.9. The van der Waals surface area contributed by atoms with Gasteiger partial charge in [0.05, 0.1) is 15.6 Å². The Kier molecular flexibility index (Phi) is 5.81. The van der Waals surface area contributed by atoms with Crippen molar-refractivity contribution in [1.82, 2.24) is 15.1 Å². The molecule has 0 fully saturated rings. The second-order valence-corrected chi connectivity index (χ2v) is 8.89. The van der Waals surface area contributed by atoms with Crippen molar-refractivity contribution in [2.75, 3.05) is 5.32 Å². The number of thiophene rings is 1. The first-order valence-electron chi connectivity index (χ1n) is 8.22. The summed E-state index contributed by atoms with van der Waals surface area (Å²) in [6.45, 7) is 1.78. The van der Waals surface area contributed by atoms with Gasteiger partial charge in [-0.2, -0.15) is 4.98 Å². The van der Waals surface area contributed by atoms with Crippen LogP contribution in [0.1, 0.15) is 22.1 Å². The molecule has 0 radical (unpaired) electrons. The Labute approximate surface area is 183 Å². The van der Waals surface area contributed by atoms with E-state index in [-0.39, 0.29) is 12.5 Å². The van der Waals surface area contributed by atoms with Gasteiger partial charge in [0.25, 0.3) is 5.91 Å². The Morgan fingerprint density at radius 1 is 1.28 bits per heavy atom. The molecule has 0 spiro atoms. The molecule has 0 atom stereocenters. The Morgan fingerprint density at radius 3 is 2.83 bits per heavy atom. The number of hydrogen-bond donors (Lipinski definition) is 1. The number of anilines is 1. The van der Waals surface area contributed by atoms with Crippen molar-refractivity contribution in [3.63, 3.8) is 0 Å². The average Bonchev–Trinajstić information content (AvgIpc) is 3.40. The van der Waals surface area contributed by atoms with Crippen LogP contribution in [0.3, 0.4) is 0 Å². The second-order valence-electron chi connectivity index (χ2n) is 5.74. The van der Waals surface area contributed by atoms with Gasteiger partial charge in [-0.1, -0.05) is 40.5 Å². The molecule has 0 saturated heterocycles. The fourth-order valence-corrected chi connectivity index (χ4v) is 4.64. The van der Waals surface area contributed by atoms with Crippen LogP contribution in [-0.4, -0.2) is 21.0 Å². The summed E-state index contributed by atoms with van der Waals surface area (Å²) in [6.07, 6.45) is 0. The Morgan fingerprint density at radius 2 is 2.10 bits per heavy atom. The molecule has 0 saturated carbocycles. The Bertz CT molecular complexity index is 1170. The summed E-state index contributed by atoms with van der Waals surface area (Å²) < 4.78 is 11.7. The number of aryl methyl sites for hydroxylation is 1. The summed E-state index contributed by atoms with van der Waals surface area (Å²) in [5.41, 5.74) is 1.74. The van der Waals surface area contributed by atoms with Crippen LogP contribution in [0.5, 0.6) is 5.75 Å². The SMILES string of the molecule is Cc1nc(COc2ccccc2C(=O)Nc2nc(-c3cc(Cl)sc3Cl)cs2)no1. The van der Waals surface area contributed by atoms with E-state index in [1.165, 1.54) is 22.7 Å². The van der Waals surface area contributed by atoms with E-state index in [0.717, 1.165) is 5.56 Å². The highest BCUT2D eigenvalue weighted by atomic mass is 35.5. The van der Waals surface area contributed by atoms with Crippen LogP contribution < -0.4 is 10.1 Å². The zero-order chi connectivity index (χ0) is 20.4. The van der Waals surface area contributed by atoms with Crippen molar-refractivity contribution in [3.8, 4) is 17.0 Å². The van der Waals surface area contributed by atoms with Gasteiger partial charge in [0.15, 0.2) is 11.7 Å². The highest BCUT2D eigenvalue weighted by Crippen LogP contribution is 2.39. The molecule has 1 amide bonds. The van der Waals surface area contributed by atoms with Gasteiger partial charge in [0.2, 0.25) is 11.7 Å². The zero-order valence-electron chi connectivity index (χ0n) is 14.8. The van der Waals surface area contributed by atoms with E-state index in [9.17, 15) is 4.79 Å². The third-order valence-electron chi connectivity index (χ3n) is 3.72. The molecule has 1 N–H and O–H groups in total. The molecule has 0 unspecified atom stereocenters. The molecule has 1 aromatic carbocycles. The van der Waals surface area contributed by atoms with Crippen molar-refractivity contribution in [2.24, 2.45) is 0 Å². The number of hydrogen-bond acceptors (Lipinski definition) is 8. The Hall–Kier alpha value is -2.46. The number of halogens is 2. The number of amides is 1. The molecule has 0 bridgehead atoms. The fraction of sp³-hybridized carbons (Fsp3) is 0.111. The lowest BCUT2D eigenvalue weighted by Crippen LogP contribution is -2.13. The largest absolute Gasteiger partial charge is 0.485 e. The van der Waals surface area contributed by atoms with Gasteiger partial charge in [-0.25, -0.2) is 4.98 Å². The van der Waals surface area contributed by atoms with E-state index >= 15 is 0 Å². The number of nitrogens with zero attached hydrogens (tertiary/aromatic N) is 3. The smallest absolute Gasteiger partial charge is 0.261 e. The molecule has 0 aliphatic rings. The first kappa shape index (κ1) is 19.8. The number of benzene rings is 1. The highest BCUT2D eigenvalue weighted by Gasteiger charge is 2.17. The lowest BCUT2D eigenvalue weighted by atomic mass is 10.2. The standard InChI is InChI=1S/C18H12Cl2N4O3S2/c1-9-21-15(24-27-9)7-26-13-5-3-2-4-10(13)17(25)23-18-22-12(8-28-18)11-6-14(19)29-16(11)20/h2-6,8H,7H2,1H3,(H,22,23,25). The van der Waals surface area contributed by atoms with Crippen molar-refractivity contribution >= 4 is 56.9 Å². The minimum atomic E-state index is -0.347. The fourth-order valence-electron chi connectivity index (χ4n) is 2.46. The van der Waals surface area contributed by atoms with Gasteiger partial charge >= 0.3 is 0 Å². The maximum atomic E-state index is 12.7. The van der Waals surface area contributed by atoms with Crippen molar-refractivity contribution in [2.45, 2.75) is 13.5 Å². The van der Waals surface area contributed by atoms with Crippen LogP contribution in [0.25, 0.3) is 11.3 Å². The van der Waals surface area contributed by atoms with Crippen LogP contribution >= 0.6 is 45.9 Å². The minimum Gasteiger partial charge on any atom is -0.485 e. The molecule has 11 heteroatoms. The van der Waals surface area contributed by atoms with Gasteiger partial charge in [0.1, 0.15) is 10.1 Å². The number of nitrogens with one attached hydrogen (secondary N) is 1. The third-order valence-corrected chi connectivity index (χ3v) is 5.96. The topological polar surface area (TPSA) is 90.1 Å². The molecule has 0 aliphatic heterocycles. The Balaban J connectivity index is 1.48. The van der Waals surface area contributed by atoms with E-state index in [1.54, 1.807) is 42.6 Å². The molecule has 7 nitrogen and oxygen atoms in total. The quantitative estimate of drug-likeness (QED) is 0.391. The maximum absolute atomic E-state index is 12.7. The number of aromatic nitrogens is 3. The van der Waals surface area contributed by atoms with Crippen molar-refractivity contribution in [1.29, 1.82) is 0 Å². The highest BCUT2D eigenvalue weighted by molar-refractivity contribution is 7.20. The summed E-state index contributed by atoms with van der Waals surface area (Å²) in [7, 11) is 0. The molecule has 4 rings (SSSR count). The lowest BCUT2D eigenvalue weighted by molar-refractivity contribution is 0.102. The van der Waals surface area contributed by atoms with Gasteiger partial charge in [0, 0.05) is 17.9 Å². The van der Waals surface area contributed by atoms with Gasteiger partial charge < -0.3 is 9.26 Å². The van der Waals surface area contributed by atoms with Crippen molar-refractivity contribution < 1.29 is 14.1 Å². The number of ether oxygens (including phenoxy) is 1. The van der Waals surface area contributed by atoms with Crippen LogP contribution in [0.2, 0.25) is 8.67 Å². The van der Waals surface area contributed by atoms with E-state index < -0.39 is 0 Å². The molecule has 29 heavy (non-hydrogen) atoms. The summed E-state index contributed by atoms with van der Waals surface area (Å²) in [4.78, 5) is 21.2. The number of rotatable bonds is 6. The average molecular weight is 467 g/mol. The summed E-state index contributed by atoms with van der Waals surface area (Å²) >= 11 is 14.7. The molecule has 0 aliphatic carbocycles. The molecular formula is C18H12Cl2N4O3S2. The van der Waals surface area contributed by atoms with Crippen LogP contribution in [0.15, 0.2) is 40.2 Å². The predicted octanol–water partition coefficient (Wildman–Crippen LogP) is 5.70. The number of carbonyl (C=O) groups is 1. The first-order chi connectivity index (χ1) is 14.0. The van der Waals surface area contributed by atoms with Crippen molar-refractivity contribution in [3.05, 3.63) is 61.7 Å². The monoisotopic (exact) mass is 466 g/mol. The van der Waals surface area contributed by atoms with E-state index in [2.05, 4.69) is 20.4 Å². The minimum absolute atomic E-state index is 0.0838. The lowest BCUT2D eigenvalue weighted by Gasteiger charge is -2.09. The van der Waals surface area contributed by atoms with Crippen LogP contribution in [-0.2, 0) is 6.61 Å². The first-order valence-corrected chi connectivity index (χ1v) is 10.7. The number of para-hydroxylation sites is 1. The second kappa shape index (κ2) is 8.50. The van der Waals surface area contributed by atoms with Gasteiger partial charge in [-0.15, -0.1) is 22.7 Å². The van der Waals surface area contributed by atoms with E-state index in [4.69, 9.17) is 32.5 Å². The number of carbonyl (C=O) groups excluding carboxylic acids is 1. The predicted molar refractivity (Wildman–Crippen MR) is 113 cm³/mol. The third kappa shape index (κ3) is 4.59. The van der Waals surface area contributed by atoms with E-state index in [1.807, 2.05) is 0 Å². The molecule has 3 heterocycles. The number of thiazole rings is 1. The van der Waals surface area contributed by atoms with Gasteiger partial charge in [-0.3, -0.25) is 10.1 Å². The summed E-state index contributed by atoms with van der Waals surface area (Å²) in [5, 5.41) is 8.80. The van der Waals surface area contributed by atoms with Crippen LogP contribution in [0.4, 0.5) is 5.13 Å². The molecule has 3 aromatic heterocycles. The van der Waals surface area contributed by atoms with Gasteiger partial charge in [-0.05, 0) is 18.2 Å². The van der Waals surface area contributed by atoms with E-state index in [0.29, 0.717) is 42.5 Å². The summed E-state index contributed by atoms with van der Waals surface area (Å²) in [5.74, 6) is 0.895. The molecular weight excluding hydrogens is 455 g/mol. The molecule has 148 valence electrons. The summed E-state index contributed by atoms with van der Waals surface area (Å²) in [6, 6.07) is 8.63.